The van der Waals surface area contributed by atoms with Crippen LogP contribution in [0.25, 0.3) is 22.5 Å². The van der Waals surface area contributed by atoms with Crippen LogP contribution >= 0.6 is 0 Å². The topological polar surface area (TPSA) is 167 Å². The van der Waals surface area contributed by atoms with Crippen LogP contribution in [0.1, 0.15) is 88.7 Å². The molecular weight excluding hydrogens is 725 g/mol. The van der Waals surface area contributed by atoms with Crippen molar-refractivity contribution < 1.29 is 28.6 Å². The van der Waals surface area contributed by atoms with Crippen molar-refractivity contribution >= 4 is 17.9 Å². The van der Waals surface area contributed by atoms with Crippen LogP contribution in [-0.4, -0.2) is 93.1 Å². The van der Waals surface area contributed by atoms with Gasteiger partial charge in [-0.3, -0.25) is 14.9 Å². The second kappa shape index (κ2) is 17.3. The molecule has 4 aromatic rings. The molecule has 3 amide bonds. The Kier molecular flexibility index (Phi) is 12.1. The molecule has 0 aliphatic carbocycles. The first-order chi connectivity index (χ1) is 27.5. The molecule has 57 heavy (non-hydrogen) atoms. The maximum atomic E-state index is 13.8. The molecule has 3 aliphatic rings. The summed E-state index contributed by atoms with van der Waals surface area (Å²) in [5.41, 5.74) is 5.42. The predicted octanol–water partition coefficient (Wildman–Crippen LogP) is 5.72. The van der Waals surface area contributed by atoms with Gasteiger partial charge in [0.1, 0.15) is 17.7 Å². The van der Waals surface area contributed by atoms with Crippen LogP contribution in [0.2, 0.25) is 0 Å². The first kappa shape index (κ1) is 39.7. The number of methoxy groups -OCH3 is 1. The van der Waals surface area contributed by atoms with E-state index in [4.69, 9.17) is 19.2 Å². The van der Waals surface area contributed by atoms with Crippen molar-refractivity contribution in [3.8, 4) is 34.4 Å². The average molecular weight is 777 g/mol. The molecule has 14 nitrogen and oxygen atoms in total. The van der Waals surface area contributed by atoms with Gasteiger partial charge in [0, 0.05) is 24.2 Å². The summed E-state index contributed by atoms with van der Waals surface area (Å²) in [6, 6.07) is 14.5. The van der Waals surface area contributed by atoms with Crippen molar-refractivity contribution in [1.82, 2.24) is 40.4 Å². The zero-order valence-corrected chi connectivity index (χ0v) is 33.4. The van der Waals surface area contributed by atoms with Gasteiger partial charge in [0.15, 0.2) is 6.79 Å². The summed E-state index contributed by atoms with van der Waals surface area (Å²) in [6.07, 6.45) is 4.91. The number of carbonyl (C=O) groups is 3. The molecule has 2 aromatic carbocycles. The number of hydrogen-bond acceptors (Lipinski definition) is 9. The van der Waals surface area contributed by atoms with Crippen molar-refractivity contribution in [1.29, 1.82) is 0 Å². The van der Waals surface area contributed by atoms with Crippen LogP contribution < -0.4 is 10.6 Å². The van der Waals surface area contributed by atoms with Crippen molar-refractivity contribution in [2.24, 2.45) is 17.8 Å². The van der Waals surface area contributed by atoms with E-state index >= 15 is 0 Å². The van der Waals surface area contributed by atoms with E-state index in [1.807, 2.05) is 87.3 Å². The molecule has 0 saturated carbocycles. The Morgan fingerprint density at radius 3 is 1.86 bits per heavy atom. The number of ether oxygens (including phenoxy) is 3. The second-order valence-corrected chi connectivity index (χ2v) is 15.8. The maximum Gasteiger partial charge on any atom is 0.407 e. The van der Waals surface area contributed by atoms with Crippen LogP contribution in [0.5, 0.6) is 0 Å². The highest BCUT2D eigenvalue weighted by Gasteiger charge is 2.41. The lowest BCUT2D eigenvalue weighted by molar-refractivity contribution is -0.335. The van der Waals surface area contributed by atoms with E-state index in [0.717, 1.165) is 64.6 Å². The molecule has 3 saturated heterocycles. The number of benzene rings is 2. The van der Waals surface area contributed by atoms with Crippen molar-refractivity contribution in [3.05, 3.63) is 83.7 Å². The number of nitrogens with one attached hydrogen (secondary N) is 4. The number of imidazole rings is 2. The maximum absolute atomic E-state index is 13.8. The number of amides is 3. The molecule has 0 bridgehead atoms. The number of likely N-dealkylation sites (tertiary alicyclic amines) is 2. The molecule has 0 radical (unpaired) electrons. The number of aromatic nitrogens is 4. The predicted molar refractivity (Wildman–Crippen MR) is 213 cm³/mol. The minimum atomic E-state index is -0.685. The lowest BCUT2D eigenvalue weighted by atomic mass is 10.0. The summed E-state index contributed by atoms with van der Waals surface area (Å²) >= 11 is 0. The molecule has 3 fully saturated rings. The number of H-pyrrole nitrogens is 2. The van der Waals surface area contributed by atoms with Gasteiger partial charge in [0.05, 0.1) is 49.0 Å². The normalized spacial score (nSPS) is 20.6. The minimum Gasteiger partial charge on any atom is -0.453 e. The fourth-order valence-corrected chi connectivity index (χ4v) is 7.76. The minimum absolute atomic E-state index is 0.0262. The van der Waals surface area contributed by atoms with Crippen molar-refractivity contribution in [3.63, 3.8) is 0 Å². The first-order valence-electron chi connectivity index (χ1n) is 19.8. The monoisotopic (exact) mass is 776 g/mol. The van der Waals surface area contributed by atoms with Gasteiger partial charge in [0.2, 0.25) is 18.2 Å². The quantitative estimate of drug-likeness (QED) is 0.139. The third-order valence-electron chi connectivity index (χ3n) is 11.0. The van der Waals surface area contributed by atoms with Gasteiger partial charge in [-0.25, -0.2) is 14.8 Å². The molecule has 4 N–H and O–H groups in total. The van der Waals surface area contributed by atoms with Crippen LogP contribution in [0.15, 0.2) is 60.9 Å². The van der Waals surface area contributed by atoms with E-state index in [9.17, 15) is 14.4 Å². The summed E-state index contributed by atoms with van der Waals surface area (Å²) in [5, 5.41) is 5.90. The highest BCUT2D eigenvalue weighted by atomic mass is 16.9. The number of nitrogens with zero attached hydrogens (tertiary/aromatic N) is 4. The number of rotatable bonds is 11. The fourth-order valence-electron chi connectivity index (χ4n) is 7.76. The van der Waals surface area contributed by atoms with E-state index in [1.165, 1.54) is 7.11 Å². The third-order valence-corrected chi connectivity index (χ3v) is 11.0. The van der Waals surface area contributed by atoms with E-state index in [1.54, 1.807) is 11.1 Å². The summed E-state index contributed by atoms with van der Waals surface area (Å²) in [6.45, 7) is 11.5. The van der Waals surface area contributed by atoms with Crippen LogP contribution in [-0.2, 0) is 23.8 Å². The van der Waals surface area contributed by atoms with Crippen LogP contribution in [0, 0.1) is 29.6 Å². The van der Waals surface area contributed by atoms with Gasteiger partial charge in [-0.2, -0.15) is 0 Å². The number of hydrogen-bond donors (Lipinski definition) is 4. The largest absolute Gasteiger partial charge is 0.453 e. The van der Waals surface area contributed by atoms with Crippen LogP contribution in [0.3, 0.4) is 0 Å². The van der Waals surface area contributed by atoms with Crippen molar-refractivity contribution in [2.75, 3.05) is 27.0 Å². The second-order valence-electron chi connectivity index (χ2n) is 15.8. The molecule has 7 rings (SSSR count). The van der Waals surface area contributed by atoms with Gasteiger partial charge in [-0.15, -0.1) is 0 Å². The van der Waals surface area contributed by atoms with Gasteiger partial charge in [0.25, 0.3) is 0 Å². The lowest BCUT2D eigenvalue weighted by Gasteiger charge is -2.35. The van der Waals surface area contributed by atoms with Crippen molar-refractivity contribution in [2.45, 2.75) is 84.5 Å². The first-order valence-corrected chi connectivity index (χ1v) is 19.8. The Morgan fingerprint density at radius 1 is 0.807 bits per heavy atom. The third kappa shape index (κ3) is 8.91. The molecule has 3 aliphatic heterocycles. The molecule has 0 unspecified atom stereocenters. The molecule has 2 aromatic heterocycles. The zero-order chi connectivity index (χ0) is 40.2. The Morgan fingerprint density at radius 2 is 1.35 bits per heavy atom. The van der Waals surface area contributed by atoms with E-state index < -0.39 is 24.6 Å². The number of alkyl carbamates (subject to hydrolysis) is 1. The van der Waals surface area contributed by atoms with E-state index in [-0.39, 0.29) is 42.5 Å². The van der Waals surface area contributed by atoms with Gasteiger partial charge < -0.3 is 39.3 Å². The number of aromatic amines is 2. The van der Waals surface area contributed by atoms with E-state index in [2.05, 4.69) is 44.4 Å². The van der Waals surface area contributed by atoms with E-state index in [0.29, 0.717) is 19.0 Å². The molecule has 5 atom stereocenters. The van der Waals surface area contributed by atoms with Crippen LogP contribution in [0.4, 0.5) is 4.79 Å². The Balaban J connectivity index is 0.974. The standard InChI is InChI=1S/C43H52N8O6/c1-25(2)36(48-42(54)55-6)40(52)50-19-7-8-34(50)38-44-21-32(46-38)30-15-11-28(12-16-30)9-10-29-13-17-31(18-14-29)33-22-45-39(47-33)35-20-27(5)23-51(35)41(53)37(26(3)4)49-43-56-24-57-43/h11-18,21-22,25-27,34-37,43,49H,7-8,19-20,23-24H2,1-6H3,(H,44,46)(H,45,47)(H,48,54)/t27-,34-,35-,36-,37-/m0/s1. The average Bonchev–Trinajstić information content (AvgIpc) is 4.02. The summed E-state index contributed by atoms with van der Waals surface area (Å²) in [5.74, 6) is 8.22. The molecule has 300 valence electrons. The zero-order valence-electron chi connectivity index (χ0n) is 33.4. The Bertz CT molecular complexity index is 2090. The van der Waals surface area contributed by atoms with Gasteiger partial charge >= 0.3 is 6.09 Å². The van der Waals surface area contributed by atoms with Gasteiger partial charge in [-0.1, -0.05) is 70.7 Å². The number of carbonyl (C=O) groups excluding carboxylic acids is 3. The summed E-state index contributed by atoms with van der Waals surface area (Å²) in [7, 11) is 1.29. The smallest absolute Gasteiger partial charge is 0.407 e. The lowest BCUT2D eigenvalue weighted by Crippen LogP contribution is -2.56. The summed E-state index contributed by atoms with van der Waals surface area (Å²) < 4.78 is 15.5. The highest BCUT2D eigenvalue weighted by molar-refractivity contribution is 5.86. The molecule has 14 heteroatoms. The summed E-state index contributed by atoms with van der Waals surface area (Å²) in [4.78, 5) is 59.2. The Hall–Kier alpha value is -5.49. The molecular formula is C43H52N8O6. The Labute approximate surface area is 333 Å². The molecule has 0 spiro atoms. The van der Waals surface area contributed by atoms with Gasteiger partial charge in [-0.05, 0) is 72.4 Å². The molecule has 5 heterocycles. The fraction of sp³-hybridized carbons (Fsp3) is 0.465. The SMILES string of the molecule is COC(=O)N[C@H](C(=O)N1CCC[C@H]1c1ncc(-c2ccc(C#Cc3ccc(-c4cnc([C@@H]5C[C@H](C)CN5C(=O)[C@@H](NC5OCO5)C(C)C)[nH]4)cc3)cc2)[nH]1)C(C)C. The highest BCUT2D eigenvalue weighted by Crippen LogP contribution is 2.36.